The number of pyridine rings is 1. The van der Waals surface area contributed by atoms with E-state index in [1.807, 2.05) is 23.9 Å². The van der Waals surface area contributed by atoms with E-state index in [-0.39, 0.29) is 0 Å². The van der Waals surface area contributed by atoms with Crippen LogP contribution in [-0.2, 0) is 0 Å². The number of nitrogens with zero attached hydrogens (tertiary/aromatic N) is 2. The molecule has 0 saturated heterocycles. The van der Waals surface area contributed by atoms with Crippen molar-refractivity contribution in [2.24, 2.45) is 0 Å². The van der Waals surface area contributed by atoms with E-state index in [4.69, 9.17) is 5.26 Å². The molecule has 1 heterocycles. The Kier molecular flexibility index (Phi) is 4.27. The van der Waals surface area contributed by atoms with Gasteiger partial charge in [-0.05, 0) is 31.2 Å². The van der Waals surface area contributed by atoms with E-state index in [9.17, 15) is 0 Å². The molecule has 90 valence electrons. The molecule has 2 unspecified atom stereocenters. The van der Waals surface area contributed by atoms with E-state index in [0.29, 0.717) is 17.0 Å². The van der Waals surface area contributed by atoms with Gasteiger partial charge < -0.3 is 5.32 Å². The van der Waals surface area contributed by atoms with E-state index in [1.165, 1.54) is 25.7 Å². The molecule has 1 aliphatic carbocycles. The largest absolute Gasteiger partial charge is 0.379 e. The number of anilines is 1. The summed E-state index contributed by atoms with van der Waals surface area (Å²) in [5.74, 6) is 0. The molecule has 1 N–H and O–H groups in total. The quantitative estimate of drug-likeness (QED) is 0.892. The Morgan fingerprint density at radius 3 is 3.06 bits per heavy atom. The average Bonchev–Trinajstić information content (AvgIpc) is 2.40. The Labute approximate surface area is 107 Å². The van der Waals surface area contributed by atoms with E-state index >= 15 is 0 Å². The van der Waals surface area contributed by atoms with Gasteiger partial charge in [0.15, 0.2) is 5.69 Å². The van der Waals surface area contributed by atoms with Crippen molar-refractivity contribution in [3.8, 4) is 6.07 Å². The molecule has 0 aromatic carbocycles. The molecule has 0 aliphatic heterocycles. The maximum absolute atomic E-state index is 9.01. The molecule has 1 saturated carbocycles. The fourth-order valence-corrected chi connectivity index (χ4v) is 3.29. The molecule has 3 nitrogen and oxygen atoms in total. The summed E-state index contributed by atoms with van der Waals surface area (Å²) in [6.07, 6.45) is 8.88. The number of nitriles is 1. The molecule has 17 heavy (non-hydrogen) atoms. The van der Waals surface area contributed by atoms with Crippen molar-refractivity contribution in [3.63, 3.8) is 0 Å². The van der Waals surface area contributed by atoms with Crippen molar-refractivity contribution >= 4 is 17.4 Å². The molecule has 1 aromatic rings. The zero-order valence-corrected chi connectivity index (χ0v) is 10.8. The van der Waals surface area contributed by atoms with Gasteiger partial charge in [-0.3, -0.25) is 0 Å². The highest BCUT2D eigenvalue weighted by atomic mass is 32.2. The first-order valence-corrected chi connectivity index (χ1v) is 7.28. The van der Waals surface area contributed by atoms with Crippen molar-refractivity contribution in [2.45, 2.75) is 37.0 Å². The molecule has 2 rings (SSSR count). The van der Waals surface area contributed by atoms with Gasteiger partial charge in [0.25, 0.3) is 0 Å². The van der Waals surface area contributed by atoms with Crippen LogP contribution in [0.3, 0.4) is 0 Å². The van der Waals surface area contributed by atoms with Crippen LogP contribution in [0.4, 0.5) is 5.69 Å². The molecular weight excluding hydrogens is 230 g/mol. The Hall–Kier alpha value is -1.21. The molecule has 4 heteroatoms. The fourth-order valence-electron chi connectivity index (χ4n) is 2.35. The minimum atomic E-state index is 0.468. The van der Waals surface area contributed by atoms with E-state index in [1.54, 1.807) is 6.20 Å². The zero-order valence-electron chi connectivity index (χ0n) is 10.0. The van der Waals surface area contributed by atoms with Crippen molar-refractivity contribution in [1.29, 1.82) is 5.26 Å². The van der Waals surface area contributed by atoms with Gasteiger partial charge in [-0.15, -0.1) is 0 Å². The second-order valence-corrected chi connectivity index (χ2v) is 5.40. The summed E-state index contributed by atoms with van der Waals surface area (Å²) in [5.41, 5.74) is 1.37. The Balaban J connectivity index is 2.11. The summed E-state index contributed by atoms with van der Waals surface area (Å²) in [4.78, 5) is 4.08. The molecule has 0 amide bonds. The van der Waals surface area contributed by atoms with Crippen molar-refractivity contribution in [2.75, 3.05) is 11.6 Å². The standard InChI is InChI=1S/C13H17N3S/c1-17-13-7-3-2-5-11(13)16-10-6-4-8-15-12(10)9-14/h4,6,8,11,13,16H,2-3,5,7H2,1H3. The minimum Gasteiger partial charge on any atom is -0.379 e. The minimum absolute atomic E-state index is 0.468. The van der Waals surface area contributed by atoms with Crippen LogP contribution in [-0.4, -0.2) is 22.5 Å². The lowest BCUT2D eigenvalue weighted by Gasteiger charge is -2.31. The topological polar surface area (TPSA) is 48.7 Å². The molecule has 1 aromatic heterocycles. The van der Waals surface area contributed by atoms with Gasteiger partial charge in [0, 0.05) is 17.5 Å². The van der Waals surface area contributed by atoms with Crippen LogP contribution < -0.4 is 5.32 Å². The normalized spacial score (nSPS) is 24.0. The third-order valence-electron chi connectivity index (χ3n) is 3.26. The van der Waals surface area contributed by atoms with Crippen LogP contribution in [0.1, 0.15) is 31.4 Å². The van der Waals surface area contributed by atoms with Crippen LogP contribution in [0.2, 0.25) is 0 Å². The van der Waals surface area contributed by atoms with E-state index in [0.717, 1.165) is 5.69 Å². The third-order valence-corrected chi connectivity index (χ3v) is 4.43. The molecule has 0 radical (unpaired) electrons. The van der Waals surface area contributed by atoms with Gasteiger partial charge in [-0.2, -0.15) is 17.0 Å². The van der Waals surface area contributed by atoms with Gasteiger partial charge in [0.05, 0.1) is 5.69 Å². The predicted octanol–water partition coefficient (Wildman–Crippen LogP) is 3.04. The number of nitrogens with one attached hydrogen (secondary N) is 1. The van der Waals surface area contributed by atoms with Gasteiger partial charge in [0.1, 0.15) is 6.07 Å². The summed E-state index contributed by atoms with van der Waals surface area (Å²) in [5, 5.41) is 13.2. The lowest BCUT2D eigenvalue weighted by molar-refractivity contribution is 0.475. The fraction of sp³-hybridized carbons (Fsp3) is 0.538. The van der Waals surface area contributed by atoms with Crippen LogP contribution >= 0.6 is 11.8 Å². The average molecular weight is 247 g/mol. The highest BCUT2D eigenvalue weighted by molar-refractivity contribution is 7.99. The maximum atomic E-state index is 9.01. The van der Waals surface area contributed by atoms with Crippen LogP contribution in [0.25, 0.3) is 0 Å². The number of aromatic nitrogens is 1. The van der Waals surface area contributed by atoms with Gasteiger partial charge in [0.2, 0.25) is 0 Å². The SMILES string of the molecule is CSC1CCCCC1Nc1cccnc1C#N. The molecule has 1 aliphatic rings. The molecule has 2 atom stereocenters. The summed E-state index contributed by atoms with van der Waals surface area (Å²) in [6, 6.07) is 6.42. The van der Waals surface area contributed by atoms with Crippen LogP contribution in [0.5, 0.6) is 0 Å². The predicted molar refractivity (Wildman–Crippen MR) is 72.1 cm³/mol. The molecule has 0 bridgehead atoms. The Morgan fingerprint density at radius 1 is 1.47 bits per heavy atom. The molecule has 1 fully saturated rings. The number of rotatable bonds is 3. The first-order chi connectivity index (χ1) is 8.35. The van der Waals surface area contributed by atoms with E-state index < -0.39 is 0 Å². The van der Waals surface area contributed by atoms with Crippen molar-refractivity contribution in [1.82, 2.24) is 4.98 Å². The van der Waals surface area contributed by atoms with Crippen molar-refractivity contribution < 1.29 is 0 Å². The summed E-state index contributed by atoms with van der Waals surface area (Å²) >= 11 is 1.92. The van der Waals surface area contributed by atoms with Crippen LogP contribution in [0.15, 0.2) is 18.3 Å². The Bertz CT molecular complexity index is 413. The van der Waals surface area contributed by atoms with Crippen molar-refractivity contribution in [3.05, 3.63) is 24.0 Å². The highest BCUT2D eigenvalue weighted by Crippen LogP contribution is 2.29. The van der Waals surface area contributed by atoms with Gasteiger partial charge >= 0.3 is 0 Å². The summed E-state index contributed by atoms with van der Waals surface area (Å²) in [6.45, 7) is 0. The van der Waals surface area contributed by atoms with E-state index in [2.05, 4.69) is 22.6 Å². The molecular formula is C13H17N3S. The highest BCUT2D eigenvalue weighted by Gasteiger charge is 2.24. The first kappa shape index (κ1) is 12.3. The summed E-state index contributed by atoms with van der Waals surface area (Å²) < 4.78 is 0. The lowest BCUT2D eigenvalue weighted by atomic mass is 9.94. The second-order valence-electron chi connectivity index (χ2n) is 4.32. The number of thioether (sulfide) groups is 1. The van der Waals surface area contributed by atoms with Gasteiger partial charge in [-0.1, -0.05) is 12.8 Å². The Morgan fingerprint density at radius 2 is 2.29 bits per heavy atom. The second kappa shape index (κ2) is 5.92. The lowest BCUT2D eigenvalue weighted by Crippen LogP contribution is -2.34. The number of hydrogen-bond acceptors (Lipinski definition) is 4. The third kappa shape index (κ3) is 2.92. The number of hydrogen-bond donors (Lipinski definition) is 1. The first-order valence-electron chi connectivity index (χ1n) is 5.99. The van der Waals surface area contributed by atoms with Crippen LogP contribution in [0, 0.1) is 11.3 Å². The monoisotopic (exact) mass is 247 g/mol. The maximum Gasteiger partial charge on any atom is 0.163 e. The summed E-state index contributed by atoms with van der Waals surface area (Å²) in [7, 11) is 0. The smallest absolute Gasteiger partial charge is 0.163 e. The molecule has 0 spiro atoms. The van der Waals surface area contributed by atoms with Gasteiger partial charge in [-0.25, -0.2) is 4.98 Å². The zero-order chi connectivity index (χ0) is 12.1.